The van der Waals surface area contributed by atoms with Crippen molar-refractivity contribution in [2.45, 2.75) is 26.9 Å². The summed E-state index contributed by atoms with van der Waals surface area (Å²) in [6, 6.07) is 12.0. The Balaban J connectivity index is 1.43. The smallest absolute Gasteiger partial charge is 0.255 e. The van der Waals surface area contributed by atoms with Gasteiger partial charge in [-0.2, -0.15) is 10.2 Å². The highest BCUT2D eigenvalue weighted by Gasteiger charge is 2.21. The SMILES string of the molecule is Cc1nn(-c2ccc(F)cc2F)c(C)c1C(=O)NCc1cccc(NC(=O)Cn2cccn2)c1. The van der Waals surface area contributed by atoms with E-state index in [1.165, 1.54) is 15.4 Å². The molecule has 0 saturated heterocycles. The predicted molar refractivity (Wildman–Crippen MR) is 121 cm³/mol. The third-order valence-electron chi connectivity index (χ3n) is 5.18. The van der Waals surface area contributed by atoms with Gasteiger partial charge in [0, 0.05) is 30.7 Å². The fourth-order valence-corrected chi connectivity index (χ4v) is 3.63. The van der Waals surface area contributed by atoms with Crippen LogP contribution >= 0.6 is 0 Å². The van der Waals surface area contributed by atoms with E-state index >= 15 is 0 Å². The van der Waals surface area contributed by atoms with Gasteiger partial charge in [-0.05, 0) is 49.7 Å². The molecule has 10 heteroatoms. The third-order valence-corrected chi connectivity index (χ3v) is 5.18. The van der Waals surface area contributed by atoms with E-state index in [0.29, 0.717) is 22.6 Å². The maximum atomic E-state index is 14.2. The summed E-state index contributed by atoms with van der Waals surface area (Å²) < 4.78 is 30.3. The molecule has 0 bridgehead atoms. The van der Waals surface area contributed by atoms with Crippen LogP contribution < -0.4 is 10.6 Å². The van der Waals surface area contributed by atoms with E-state index in [9.17, 15) is 18.4 Å². The quantitative estimate of drug-likeness (QED) is 0.438. The molecule has 0 saturated carbocycles. The van der Waals surface area contributed by atoms with Crippen LogP contribution in [-0.4, -0.2) is 31.4 Å². The van der Waals surface area contributed by atoms with E-state index in [0.717, 1.165) is 17.7 Å². The first-order valence-electron chi connectivity index (χ1n) is 10.5. The van der Waals surface area contributed by atoms with Gasteiger partial charge in [-0.15, -0.1) is 0 Å². The Morgan fingerprint density at radius 2 is 1.88 bits per heavy atom. The number of amides is 2. The Morgan fingerprint density at radius 1 is 1.06 bits per heavy atom. The number of aryl methyl sites for hydroxylation is 1. The lowest BCUT2D eigenvalue weighted by Crippen LogP contribution is -2.24. The number of benzene rings is 2. The molecule has 4 aromatic rings. The lowest BCUT2D eigenvalue weighted by molar-refractivity contribution is -0.116. The van der Waals surface area contributed by atoms with Gasteiger partial charge in [0.15, 0.2) is 5.82 Å². The zero-order valence-electron chi connectivity index (χ0n) is 18.5. The standard InChI is InChI=1S/C24H22F2N6O2/c1-15-23(16(2)32(30-15)21-8-7-18(25)12-20(21)26)24(34)27-13-17-5-3-6-19(11-17)29-22(33)14-31-10-4-9-28-31/h3-12H,13-14H2,1-2H3,(H,27,34)(H,29,33). The Labute approximate surface area is 194 Å². The molecule has 2 amide bonds. The Morgan fingerprint density at radius 3 is 2.62 bits per heavy atom. The topological polar surface area (TPSA) is 93.8 Å². The summed E-state index contributed by atoms with van der Waals surface area (Å²) in [7, 11) is 0. The summed E-state index contributed by atoms with van der Waals surface area (Å²) in [4.78, 5) is 25.1. The number of anilines is 1. The lowest BCUT2D eigenvalue weighted by atomic mass is 10.1. The van der Waals surface area contributed by atoms with Gasteiger partial charge < -0.3 is 10.6 Å². The summed E-state index contributed by atoms with van der Waals surface area (Å²) in [6.45, 7) is 3.59. The molecule has 0 unspecified atom stereocenters. The number of aromatic nitrogens is 4. The van der Waals surface area contributed by atoms with Gasteiger partial charge in [0.05, 0.1) is 17.0 Å². The van der Waals surface area contributed by atoms with E-state index in [1.54, 1.807) is 50.5 Å². The van der Waals surface area contributed by atoms with Crippen LogP contribution in [0.4, 0.5) is 14.5 Å². The molecule has 4 rings (SSSR count). The number of hydrogen-bond donors (Lipinski definition) is 2. The molecule has 2 heterocycles. The minimum Gasteiger partial charge on any atom is -0.348 e. The second-order valence-corrected chi connectivity index (χ2v) is 7.69. The normalized spacial score (nSPS) is 10.8. The highest BCUT2D eigenvalue weighted by Crippen LogP contribution is 2.21. The van der Waals surface area contributed by atoms with Crippen molar-refractivity contribution in [2.24, 2.45) is 0 Å². The zero-order chi connectivity index (χ0) is 24.2. The molecule has 2 N–H and O–H groups in total. The van der Waals surface area contributed by atoms with E-state index in [-0.39, 0.29) is 30.6 Å². The monoisotopic (exact) mass is 464 g/mol. The number of nitrogens with zero attached hydrogens (tertiary/aromatic N) is 4. The third kappa shape index (κ3) is 5.01. The van der Waals surface area contributed by atoms with E-state index in [4.69, 9.17) is 0 Å². The Hall–Kier alpha value is -4.34. The summed E-state index contributed by atoms with van der Waals surface area (Å²) in [5.41, 5.74) is 2.58. The number of halogens is 2. The van der Waals surface area contributed by atoms with Crippen LogP contribution in [0.1, 0.15) is 27.3 Å². The van der Waals surface area contributed by atoms with Crippen molar-refractivity contribution < 1.29 is 18.4 Å². The highest BCUT2D eigenvalue weighted by molar-refractivity contribution is 5.96. The van der Waals surface area contributed by atoms with Crippen molar-refractivity contribution in [2.75, 3.05) is 5.32 Å². The van der Waals surface area contributed by atoms with Gasteiger partial charge in [0.1, 0.15) is 18.0 Å². The molecule has 0 spiro atoms. The van der Waals surface area contributed by atoms with Gasteiger partial charge in [-0.1, -0.05) is 12.1 Å². The molecule has 174 valence electrons. The molecule has 34 heavy (non-hydrogen) atoms. The molecule has 8 nitrogen and oxygen atoms in total. The number of nitrogens with one attached hydrogen (secondary N) is 2. The maximum Gasteiger partial charge on any atom is 0.255 e. The van der Waals surface area contributed by atoms with E-state index in [2.05, 4.69) is 20.8 Å². The average Bonchev–Trinajstić information content (AvgIpc) is 3.39. The number of carbonyl (C=O) groups is 2. The molecular formula is C24H22F2N6O2. The van der Waals surface area contributed by atoms with Crippen LogP contribution in [0, 0.1) is 25.5 Å². The van der Waals surface area contributed by atoms with Crippen molar-refractivity contribution in [1.82, 2.24) is 24.9 Å². The summed E-state index contributed by atoms with van der Waals surface area (Å²) >= 11 is 0. The van der Waals surface area contributed by atoms with Crippen molar-refractivity contribution in [1.29, 1.82) is 0 Å². The minimum atomic E-state index is -0.774. The zero-order valence-corrected chi connectivity index (χ0v) is 18.5. The first-order valence-corrected chi connectivity index (χ1v) is 10.5. The first-order chi connectivity index (χ1) is 16.3. The van der Waals surface area contributed by atoms with Gasteiger partial charge >= 0.3 is 0 Å². The van der Waals surface area contributed by atoms with Crippen LogP contribution in [0.2, 0.25) is 0 Å². The van der Waals surface area contributed by atoms with E-state index < -0.39 is 11.6 Å². The fraction of sp³-hybridized carbons (Fsp3) is 0.167. The van der Waals surface area contributed by atoms with Crippen LogP contribution in [0.25, 0.3) is 5.69 Å². The van der Waals surface area contributed by atoms with Gasteiger partial charge in [0.2, 0.25) is 5.91 Å². The average molecular weight is 464 g/mol. The Kier molecular flexibility index (Phi) is 6.48. The van der Waals surface area contributed by atoms with Crippen molar-refractivity contribution >= 4 is 17.5 Å². The van der Waals surface area contributed by atoms with Gasteiger partial charge in [0.25, 0.3) is 5.91 Å². The number of carbonyl (C=O) groups excluding carboxylic acids is 2. The summed E-state index contributed by atoms with van der Waals surface area (Å²) in [6.07, 6.45) is 3.29. The van der Waals surface area contributed by atoms with Crippen LogP contribution in [0.5, 0.6) is 0 Å². The lowest BCUT2D eigenvalue weighted by Gasteiger charge is -2.10. The molecule has 0 aliphatic carbocycles. The second-order valence-electron chi connectivity index (χ2n) is 7.69. The number of rotatable bonds is 7. The van der Waals surface area contributed by atoms with Crippen LogP contribution in [0.3, 0.4) is 0 Å². The molecule has 0 atom stereocenters. The van der Waals surface area contributed by atoms with Gasteiger partial charge in [-0.25, -0.2) is 13.5 Å². The molecular weight excluding hydrogens is 442 g/mol. The van der Waals surface area contributed by atoms with Crippen LogP contribution in [0.15, 0.2) is 60.9 Å². The molecule has 2 aromatic heterocycles. The number of hydrogen-bond acceptors (Lipinski definition) is 4. The molecule has 0 aliphatic heterocycles. The van der Waals surface area contributed by atoms with E-state index in [1.807, 2.05) is 6.07 Å². The summed E-state index contributed by atoms with van der Waals surface area (Å²) in [5, 5.41) is 13.9. The molecule has 0 aliphatic rings. The molecule has 2 aromatic carbocycles. The maximum absolute atomic E-state index is 14.2. The minimum absolute atomic E-state index is 0.0552. The first kappa shape index (κ1) is 22.8. The molecule has 0 radical (unpaired) electrons. The summed E-state index contributed by atoms with van der Waals surface area (Å²) in [5.74, 6) is -2.07. The van der Waals surface area contributed by atoms with Crippen molar-refractivity contribution in [3.63, 3.8) is 0 Å². The fourth-order valence-electron chi connectivity index (χ4n) is 3.63. The molecule has 0 fully saturated rings. The second kappa shape index (κ2) is 9.65. The van der Waals surface area contributed by atoms with Crippen molar-refractivity contribution in [3.05, 3.63) is 95.1 Å². The highest BCUT2D eigenvalue weighted by atomic mass is 19.1. The predicted octanol–water partition coefficient (Wildman–Crippen LogP) is 3.53. The van der Waals surface area contributed by atoms with Crippen molar-refractivity contribution in [3.8, 4) is 5.69 Å². The van der Waals surface area contributed by atoms with Crippen LogP contribution in [-0.2, 0) is 17.9 Å². The largest absolute Gasteiger partial charge is 0.348 e. The Bertz CT molecular complexity index is 1350. The van der Waals surface area contributed by atoms with Gasteiger partial charge in [-0.3, -0.25) is 14.3 Å².